The van der Waals surface area contributed by atoms with Gasteiger partial charge < -0.3 is 9.52 Å². The Morgan fingerprint density at radius 2 is 2.16 bits per heavy atom. The minimum atomic E-state index is -0.517. The molecule has 2 aromatic rings. The molecule has 0 amide bonds. The first-order chi connectivity index (χ1) is 9.24. The van der Waals surface area contributed by atoms with Gasteiger partial charge in [0.05, 0.1) is 5.02 Å². The molecule has 1 aliphatic rings. The Morgan fingerprint density at radius 3 is 2.89 bits per heavy atom. The Kier molecular flexibility index (Phi) is 4.06. The number of aliphatic hydroxyl groups is 1. The molecule has 1 aliphatic heterocycles. The van der Waals surface area contributed by atoms with Gasteiger partial charge in [-0.1, -0.05) is 23.7 Å². The van der Waals surface area contributed by atoms with E-state index in [4.69, 9.17) is 16.0 Å². The maximum Gasteiger partial charge on any atom is 0.152 e. The molecule has 4 heteroatoms. The van der Waals surface area contributed by atoms with Crippen molar-refractivity contribution in [3.05, 3.63) is 35.0 Å². The molecule has 1 aromatic heterocycles. The van der Waals surface area contributed by atoms with Gasteiger partial charge in [-0.2, -0.15) is 11.8 Å². The minimum Gasteiger partial charge on any atom is -0.457 e. The van der Waals surface area contributed by atoms with Gasteiger partial charge in [-0.15, -0.1) is 0 Å². The van der Waals surface area contributed by atoms with Crippen LogP contribution < -0.4 is 0 Å². The normalized spacial score (nSPS) is 18.8. The highest BCUT2D eigenvalue weighted by Gasteiger charge is 2.21. The van der Waals surface area contributed by atoms with E-state index in [0.717, 1.165) is 11.8 Å². The number of halogens is 1. The fraction of sp³-hybridized carbons (Fsp3) is 0.467. The van der Waals surface area contributed by atoms with Crippen molar-refractivity contribution in [2.24, 2.45) is 5.92 Å². The summed E-state index contributed by atoms with van der Waals surface area (Å²) in [7, 11) is 0. The second-order valence-electron chi connectivity index (χ2n) is 5.11. The van der Waals surface area contributed by atoms with Crippen molar-refractivity contribution < 1.29 is 9.52 Å². The van der Waals surface area contributed by atoms with Gasteiger partial charge >= 0.3 is 0 Å². The standard InChI is InChI=1S/C15H17ClO2S/c16-12-3-1-2-11-9-14(18-15(11)12)13(17)8-10-4-6-19-7-5-10/h1-3,9-10,13,17H,4-8H2. The van der Waals surface area contributed by atoms with Crippen LogP contribution in [0.5, 0.6) is 0 Å². The Balaban J connectivity index is 1.77. The summed E-state index contributed by atoms with van der Waals surface area (Å²) in [5, 5.41) is 11.9. The molecule has 0 radical (unpaired) electrons. The quantitative estimate of drug-likeness (QED) is 0.895. The van der Waals surface area contributed by atoms with Crippen LogP contribution in [0.15, 0.2) is 28.7 Å². The number of furan rings is 1. The molecule has 1 fully saturated rings. The zero-order valence-corrected chi connectivity index (χ0v) is 12.2. The molecule has 1 saturated heterocycles. The second kappa shape index (κ2) is 5.78. The van der Waals surface area contributed by atoms with Crippen LogP contribution >= 0.6 is 23.4 Å². The van der Waals surface area contributed by atoms with Crippen LogP contribution in [0.1, 0.15) is 31.1 Å². The lowest BCUT2D eigenvalue weighted by Gasteiger charge is -2.22. The summed E-state index contributed by atoms with van der Waals surface area (Å²) in [6, 6.07) is 7.57. The van der Waals surface area contributed by atoms with Crippen LogP contribution in [0.25, 0.3) is 11.0 Å². The van der Waals surface area contributed by atoms with Gasteiger partial charge in [-0.25, -0.2) is 0 Å². The van der Waals surface area contributed by atoms with Gasteiger partial charge in [0.15, 0.2) is 5.58 Å². The largest absolute Gasteiger partial charge is 0.457 e. The molecule has 0 spiro atoms. The van der Waals surface area contributed by atoms with E-state index < -0.39 is 6.10 Å². The predicted octanol–water partition coefficient (Wildman–Crippen LogP) is 4.65. The van der Waals surface area contributed by atoms with Crippen molar-refractivity contribution in [2.45, 2.75) is 25.4 Å². The Hall–Kier alpha value is -0.640. The lowest BCUT2D eigenvalue weighted by Crippen LogP contribution is -2.13. The van der Waals surface area contributed by atoms with Crippen LogP contribution in [0.4, 0.5) is 0 Å². The Morgan fingerprint density at radius 1 is 1.37 bits per heavy atom. The summed E-state index contributed by atoms with van der Waals surface area (Å²) in [6.07, 6.45) is 2.67. The molecule has 2 heterocycles. The monoisotopic (exact) mass is 296 g/mol. The van der Waals surface area contributed by atoms with E-state index in [0.29, 0.717) is 22.3 Å². The van der Waals surface area contributed by atoms with Gasteiger partial charge in [-0.05, 0) is 48.8 Å². The average Bonchev–Trinajstić information content (AvgIpc) is 2.85. The molecule has 1 aromatic carbocycles. The highest BCUT2D eigenvalue weighted by molar-refractivity contribution is 7.99. The Labute approximate surface area is 122 Å². The van der Waals surface area contributed by atoms with Gasteiger partial charge in [0, 0.05) is 5.39 Å². The highest BCUT2D eigenvalue weighted by Crippen LogP contribution is 2.34. The van der Waals surface area contributed by atoms with Crippen molar-refractivity contribution in [1.82, 2.24) is 0 Å². The van der Waals surface area contributed by atoms with Crippen molar-refractivity contribution >= 4 is 34.3 Å². The first-order valence-corrected chi connectivity index (χ1v) is 8.21. The SMILES string of the molecule is OC(CC1CCSCC1)c1cc2cccc(Cl)c2o1. The molecule has 19 heavy (non-hydrogen) atoms. The van der Waals surface area contributed by atoms with Crippen LogP contribution in [0, 0.1) is 5.92 Å². The van der Waals surface area contributed by atoms with Crippen molar-refractivity contribution in [1.29, 1.82) is 0 Å². The fourth-order valence-corrected chi connectivity index (χ4v) is 4.05. The molecular formula is C15H17ClO2S. The predicted molar refractivity (Wildman–Crippen MR) is 80.8 cm³/mol. The molecule has 0 bridgehead atoms. The van der Waals surface area contributed by atoms with E-state index in [1.54, 1.807) is 0 Å². The van der Waals surface area contributed by atoms with Gasteiger partial charge in [0.25, 0.3) is 0 Å². The maximum atomic E-state index is 10.3. The maximum absolute atomic E-state index is 10.3. The molecule has 0 aliphatic carbocycles. The van der Waals surface area contributed by atoms with Gasteiger partial charge in [-0.3, -0.25) is 0 Å². The van der Waals surface area contributed by atoms with Crippen LogP contribution in [-0.2, 0) is 0 Å². The number of para-hydroxylation sites is 1. The summed E-state index contributed by atoms with van der Waals surface area (Å²) in [4.78, 5) is 0. The number of hydrogen-bond acceptors (Lipinski definition) is 3. The van der Waals surface area contributed by atoms with Crippen molar-refractivity contribution in [3.63, 3.8) is 0 Å². The lowest BCUT2D eigenvalue weighted by atomic mass is 9.94. The number of rotatable bonds is 3. The average molecular weight is 297 g/mol. The third-order valence-electron chi connectivity index (χ3n) is 3.74. The summed E-state index contributed by atoms with van der Waals surface area (Å²) in [5.74, 6) is 3.67. The third kappa shape index (κ3) is 2.93. The molecule has 0 saturated carbocycles. The molecule has 1 N–H and O–H groups in total. The second-order valence-corrected chi connectivity index (χ2v) is 6.75. The molecule has 1 atom stereocenters. The Bertz CT molecular complexity index is 560. The number of benzene rings is 1. The van der Waals surface area contributed by atoms with E-state index in [1.165, 1.54) is 24.3 Å². The van der Waals surface area contributed by atoms with Crippen molar-refractivity contribution in [3.8, 4) is 0 Å². The highest BCUT2D eigenvalue weighted by atomic mass is 35.5. The molecule has 102 valence electrons. The van der Waals surface area contributed by atoms with E-state index in [1.807, 2.05) is 36.0 Å². The van der Waals surface area contributed by atoms with E-state index in [2.05, 4.69) is 0 Å². The topological polar surface area (TPSA) is 33.4 Å². The third-order valence-corrected chi connectivity index (χ3v) is 5.09. The minimum absolute atomic E-state index is 0.517. The lowest BCUT2D eigenvalue weighted by molar-refractivity contribution is 0.119. The van der Waals surface area contributed by atoms with Crippen LogP contribution in [0.2, 0.25) is 5.02 Å². The number of thioether (sulfide) groups is 1. The number of aliphatic hydroxyl groups excluding tert-OH is 1. The smallest absolute Gasteiger partial charge is 0.152 e. The van der Waals surface area contributed by atoms with Gasteiger partial charge in [0.2, 0.25) is 0 Å². The molecule has 3 rings (SSSR count). The summed E-state index contributed by atoms with van der Waals surface area (Å²) in [6.45, 7) is 0. The first kappa shape index (κ1) is 13.3. The number of fused-ring (bicyclic) bond motifs is 1. The van der Waals surface area contributed by atoms with E-state index in [-0.39, 0.29) is 0 Å². The summed E-state index contributed by atoms with van der Waals surface area (Å²) < 4.78 is 5.71. The molecule has 1 unspecified atom stereocenters. The summed E-state index contributed by atoms with van der Waals surface area (Å²) in [5.41, 5.74) is 0.678. The summed E-state index contributed by atoms with van der Waals surface area (Å²) >= 11 is 8.09. The van der Waals surface area contributed by atoms with Crippen LogP contribution in [0.3, 0.4) is 0 Å². The number of hydrogen-bond donors (Lipinski definition) is 1. The first-order valence-electron chi connectivity index (χ1n) is 6.68. The van der Waals surface area contributed by atoms with E-state index >= 15 is 0 Å². The molecule has 2 nitrogen and oxygen atoms in total. The van der Waals surface area contributed by atoms with Crippen molar-refractivity contribution in [2.75, 3.05) is 11.5 Å². The van der Waals surface area contributed by atoms with Crippen LogP contribution in [-0.4, -0.2) is 16.6 Å². The fourth-order valence-electron chi connectivity index (χ4n) is 2.63. The molecular weight excluding hydrogens is 280 g/mol. The zero-order chi connectivity index (χ0) is 13.2. The zero-order valence-electron chi connectivity index (χ0n) is 10.6. The van der Waals surface area contributed by atoms with E-state index in [9.17, 15) is 5.11 Å². The van der Waals surface area contributed by atoms with Gasteiger partial charge in [0.1, 0.15) is 11.9 Å².